The third-order valence-electron chi connectivity index (χ3n) is 3.80. The Morgan fingerprint density at radius 3 is 2.47 bits per heavy atom. The molecule has 4 nitrogen and oxygen atoms in total. The molecular weight excluding hydrogens is 276 g/mol. The van der Waals surface area contributed by atoms with Crippen molar-refractivity contribution >= 4 is 28.5 Å². The molecule has 106 valence electrons. The molecule has 6 heteroatoms. The second-order valence-electron chi connectivity index (χ2n) is 5.14. The Bertz CT molecular complexity index is 430. The van der Waals surface area contributed by atoms with Gasteiger partial charge in [-0.05, 0) is 20.8 Å². The first-order valence-corrected chi connectivity index (χ1v) is 7.88. The minimum atomic E-state index is 0.210. The van der Waals surface area contributed by atoms with E-state index in [2.05, 4.69) is 35.6 Å². The third-order valence-corrected chi connectivity index (χ3v) is 5.20. The van der Waals surface area contributed by atoms with Crippen molar-refractivity contribution in [3.05, 3.63) is 15.6 Å². The van der Waals surface area contributed by atoms with Crippen molar-refractivity contribution in [3.63, 3.8) is 0 Å². The number of aromatic nitrogens is 1. The van der Waals surface area contributed by atoms with Crippen LogP contribution in [0.3, 0.4) is 0 Å². The van der Waals surface area contributed by atoms with Gasteiger partial charge in [-0.25, -0.2) is 4.98 Å². The Morgan fingerprint density at radius 1 is 1.37 bits per heavy atom. The number of hydrogen-bond acceptors (Lipinski definition) is 5. The number of thiocarbonyl (C=S) groups is 1. The monoisotopic (exact) mass is 298 g/mol. The van der Waals surface area contributed by atoms with E-state index < -0.39 is 0 Å². The van der Waals surface area contributed by atoms with Crippen LogP contribution in [0.2, 0.25) is 0 Å². The van der Waals surface area contributed by atoms with Crippen LogP contribution in [0.1, 0.15) is 22.5 Å². The molecule has 1 fully saturated rings. The molecular formula is C13H22N4S2. The van der Waals surface area contributed by atoms with Crippen LogP contribution in [-0.2, 0) is 6.54 Å². The highest BCUT2D eigenvalue weighted by Crippen LogP contribution is 2.19. The molecule has 0 bridgehead atoms. The van der Waals surface area contributed by atoms with Crippen LogP contribution < -0.4 is 5.73 Å². The first-order valence-electron chi connectivity index (χ1n) is 6.66. The van der Waals surface area contributed by atoms with Gasteiger partial charge in [-0.2, -0.15) is 0 Å². The molecule has 2 heterocycles. The summed E-state index contributed by atoms with van der Waals surface area (Å²) in [5.74, 6) is 0. The van der Waals surface area contributed by atoms with E-state index in [-0.39, 0.29) is 6.04 Å². The first-order chi connectivity index (χ1) is 8.97. The summed E-state index contributed by atoms with van der Waals surface area (Å²) in [7, 11) is 0. The fourth-order valence-electron chi connectivity index (χ4n) is 2.29. The van der Waals surface area contributed by atoms with Crippen molar-refractivity contribution in [3.8, 4) is 0 Å². The van der Waals surface area contributed by atoms with Crippen molar-refractivity contribution in [2.75, 3.05) is 26.2 Å². The van der Waals surface area contributed by atoms with E-state index in [1.807, 2.05) is 11.3 Å². The van der Waals surface area contributed by atoms with Gasteiger partial charge in [0.15, 0.2) is 0 Å². The Balaban J connectivity index is 1.85. The number of thiazole rings is 1. The highest BCUT2D eigenvalue weighted by Gasteiger charge is 2.22. The van der Waals surface area contributed by atoms with Gasteiger partial charge in [0.25, 0.3) is 0 Å². The summed E-state index contributed by atoms with van der Waals surface area (Å²) in [4.78, 5) is 11.4. The van der Waals surface area contributed by atoms with E-state index in [4.69, 9.17) is 18.0 Å². The van der Waals surface area contributed by atoms with Crippen LogP contribution in [0, 0.1) is 13.8 Å². The summed E-state index contributed by atoms with van der Waals surface area (Å²) in [6, 6.07) is 0.210. The van der Waals surface area contributed by atoms with E-state index in [1.54, 1.807) is 0 Å². The highest BCUT2D eigenvalue weighted by molar-refractivity contribution is 7.80. The molecule has 0 aliphatic carbocycles. The molecule has 1 aliphatic heterocycles. The number of piperazine rings is 1. The largest absolute Gasteiger partial charge is 0.392 e. The quantitative estimate of drug-likeness (QED) is 0.855. The molecule has 19 heavy (non-hydrogen) atoms. The lowest BCUT2D eigenvalue weighted by atomic mass is 10.2. The van der Waals surface area contributed by atoms with Crippen molar-refractivity contribution in [2.24, 2.45) is 5.73 Å². The molecule has 1 unspecified atom stereocenters. The van der Waals surface area contributed by atoms with Crippen molar-refractivity contribution < 1.29 is 0 Å². The van der Waals surface area contributed by atoms with E-state index in [1.165, 1.54) is 15.6 Å². The van der Waals surface area contributed by atoms with Gasteiger partial charge in [0.2, 0.25) is 0 Å². The number of hydrogen-bond donors (Lipinski definition) is 1. The van der Waals surface area contributed by atoms with Crippen LogP contribution in [0.25, 0.3) is 0 Å². The number of rotatable bonds is 4. The smallest absolute Gasteiger partial charge is 0.107 e. The maximum atomic E-state index is 5.71. The summed E-state index contributed by atoms with van der Waals surface area (Å²) in [6.07, 6.45) is 0. The zero-order valence-electron chi connectivity index (χ0n) is 11.8. The van der Waals surface area contributed by atoms with Gasteiger partial charge in [-0.3, -0.25) is 9.80 Å². The lowest BCUT2D eigenvalue weighted by molar-refractivity contribution is 0.118. The molecule has 0 amide bonds. The molecule has 2 rings (SSSR count). The third kappa shape index (κ3) is 3.72. The van der Waals surface area contributed by atoms with Crippen molar-refractivity contribution in [1.82, 2.24) is 14.8 Å². The summed E-state index contributed by atoms with van der Waals surface area (Å²) < 4.78 is 0. The SMILES string of the molecule is Cc1nc(CN2CCN(C(C)C(N)=S)CC2)sc1C. The fourth-order valence-corrected chi connectivity index (χ4v) is 3.41. The number of aryl methyl sites for hydroxylation is 2. The minimum absolute atomic E-state index is 0.210. The topological polar surface area (TPSA) is 45.4 Å². The molecule has 2 N–H and O–H groups in total. The molecule has 1 atom stereocenters. The normalized spacial score (nSPS) is 19.5. The average molecular weight is 298 g/mol. The van der Waals surface area contributed by atoms with E-state index >= 15 is 0 Å². The first kappa shape index (κ1) is 14.8. The highest BCUT2D eigenvalue weighted by atomic mass is 32.1. The molecule has 1 saturated heterocycles. The Morgan fingerprint density at radius 2 is 2.00 bits per heavy atom. The molecule has 0 radical (unpaired) electrons. The van der Waals surface area contributed by atoms with Crippen LogP contribution >= 0.6 is 23.6 Å². The summed E-state index contributed by atoms with van der Waals surface area (Å²) in [6.45, 7) is 11.5. The van der Waals surface area contributed by atoms with Gasteiger partial charge >= 0.3 is 0 Å². The second kappa shape index (κ2) is 6.26. The minimum Gasteiger partial charge on any atom is -0.392 e. The fraction of sp³-hybridized carbons (Fsp3) is 0.692. The summed E-state index contributed by atoms with van der Waals surface area (Å²) in [5.41, 5.74) is 6.88. The molecule has 1 aromatic heterocycles. The van der Waals surface area contributed by atoms with Crippen molar-refractivity contribution in [2.45, 2.75) is 33.4 Å². The standard InChI is InChI=1S/C13H22N4S2/c1-9-11(3)19-12(15-9)8-16-4-6-17(7-5-16)10(2)13(14)18/h10H,4-8H2,1-3H3,(H2,14,18). The van der Waals surface area contributed by atoms with Gasteiger partial charge in [-0.15, -0.1) is 11.3 Å². The van der Waals surface area contributed by atoms with Gasteiger partial charge in [0.05, 0.1) is 23.3 Å². The Labute approximate surface area is 124 Å². The Kier molecular flexibility index (Phi) is 4.89. The summed E-state index contributed by atoms with van der Waals surface area (Å²) >= 11 is 6.88. The van der Waals surface area contributed by atoms with Crippen LogP contribution in [0.4, 0.5) is 0 Å². The van der Waals surface area contributed by atoms with E-state index in [0.29, 0.717) is 4.99 Å². The lowest BCUT2D eigenvalue weighted by Crippen LogP contribution is -2.52. The van der Waals surface area contributed by atoms with E-state index in [9.17, 15) is 0 Å². The van der Waals surface area contributed by atoms with Gasteiger partial charge in [-0.1, -0.05) is 12.2 Å². The average Bonchev–Trinajstić information content (AvgIpc) is 2.68. The predicted octanol–water partition coefficient (Wildman–Crippen LogP) is 1.55. The van der Waals surface area contributed by atoms with E-state index in [0.717, 1.165) is 32.7 Å². The maximum absolute atomic E-state index is 5.71. The number of nitrogens with two attached hydrogens (primary N) is 1. The lowest BCUT2D eigenvalue weighted by Gasteiger charge is -2.37. The molecule has 0 saturated carbocycles. The van der Waals surface area contributed by atoms with Gasteiger partial charge < -0.3 is 5.73 Å². The van der Waals surface area contributed by atoms with Crippen LogP contribution in [0.5, 0.6) is 0 Å². The summed E-state index contributed by atoms with van der Waals surface area (Å²) in [5, 5.41) is 1.23. The van der Waals surface area contributed by atoms with Crippen LogP contribution in [-0.4, -0.2) is 52.0 Å². The zero-order chi connectivity index (χ0) is 14.0. The van der Waals surface area contributed by atoms with Gasteiger partial charge in [0.1, 0.15) is 5.01 Å². The maximum Gasteiger partial charge on any atom is 0.107 e. The van der Waals surface area contributed by atoms with Crippen molar-refractivity contribution in [1.29, 1.82) is 0 Å². The predicted molar refractivity (Wildman–Crippen MR) is 84.7 cm³/mol. The van der Waals surface area contributed by atoms with Crippen LogP contribution in [0.15, 0.2) is 0 Å². The Hall–Kier alpha value is -0.560. The molecule has 1 aliphatic rings. The second-order valence-corrected chi connectivity index (χ2v) is 6.90. The number of nitrogens with zero attached hydrogens (tertiary/aromatic N) is 3. The zero-order valence-corrected chi connectivity index (χ0v) is 13.5. The van der Waals surface area contributed by atoms with Gasteiger partial charge in [0, 0.05) is 31.1 Å². The molecule has 1 aromatic rings. The molecule has 0 spiro atoms. The molecule has 0 aromatic carbocycles.